The van der Waals surface area contributed by atoms with E-state index in [-0.39, 0.29) is 210 Å². The summed E-state index contributed by atoms with van der Waals surface area (Å²) in [6.45, 7) is -0.588. The zero-order valence-corrected chi connectivity index (χ0v) is 82.1. The first-order valence-corrected chi connectivity index (χ1v) is 50.0. The Hall–Kier alpha value is -15.2. The SMILES string of the molecule is N=C(N)NCCC[C@H](NC(=O)[C@H]1CSSC[C@@H](NC(=O)[C@H](Cc2ccc3ccccc3c2)NC(=O)[C@H](CCCNC(=N)N)NC(=O)[C@@H](N)CCCNC(=N)N)C(=O)N[C@@H](Cc2ccc(O)cc2)C(=O)N[C@@H](CCCNC(N)=O)C(=O)N[C@@H](CCCCN)C(=O)N[C@H](CCCNC(N)=O)C(=O)N2CCC[C@H]2C(=O)N[C@@H](Cc2ccc(O)cc2)C(=O)N[C@@H](CCCNC(=N)N)C(=O)N[C@@H](CCCNC(N)=O)C(=O)N1)C(N)=O. The lowest BCUT2D eigenvalue weighted by atomic mass is 10.00. The molecule has 2 aliphatic heterocycles. The predicted octanol–water partition coefficient (Wildman–Crippen LogP) is -7.18. The van der Waals surface area contributed by atoms with Gasteiger partial charge >= 0.3 is 18.1 Å². The number of unbranched alkanes of at least 4 members (excludes halogenated alkanes) is 1. The third kappa shape index (κ3) is 44.5. The van der Waals surface area contributed by atoms with E-state index < -0.39 is 228 Å². The molecule has 14 atom stereocenters. The zero-order chi connectivity index (χ0) is 107. The number of benzene rings is 4. The molecular formula is C90H140N34O19S2. The van der Waals surface area contributed by atoms with Crippen LogP contribution in [0.1, 0.15) is 139 Å². The van der Waals surface area contributed by atoms with Crippen molar-refractivity contribution in [3.05, 3.63) is 108 Å². The van der Waals surface area contributed by atoms with Crippen LogP contribution < -0.4 is 158 Å². The van der Waals surface area contributed by atoms with E-state index in [1.807, 2.05) is 6.07 Å². The van der Waals surface area contributed by atoms with Gasteiger partial charge in [-0.15, -0.1) is 0 Å². The van der Waals surface area contributed by atoms with E-state index in [2.05, 4.69) is 101 Å². The number of urea groups is 3. The molecule has 6 rings (SSSR count). The van der Waals surface area contributed by atoms with Crippen LogP contribution in [0.15, 0.2) is 91.0 Å². The number of aromatic hydroxyl groups is 2. The van der Waals surface area contributed by atoms with Crippen LogP contribution in [-0.2, 0) is 86.4 Å². The summed E-state index contributed by atoms with van der Waals surface area (Å²) in [5.41, 5.74) is 57.9. The summed E-state index contributed by atoms with van der Waals surface area (Å²) in [4.78, 5) is 250. The number of carbonyl (C=O) groups excluding carboxylic acids is 17. The standard InChI is InChI=1S/C90H140N34O19S2/c91-34-4-3-16-58-74(131)118-63(22-11-41-111-90(104)143)83(140)124-42-12-23-69(124)82(139)121-65(45-50-27-32-55(126)33-28-50)78(135)117-60(19-8-38-108-87(100)101)73(130)115-62(21-10-40-110-89(103)142)76(133)122-67(80(137)112-57(70(93)127)17-6-36-106-85(96)97)47-144-145-48-68(81(138)120-64(44-49-25-30-54(125)31-26-49)77(134)116-61(72(129)114-58)20-9-39-109-88(102)141)123-79(136)66(46-51-24-29-52-13-1-2-14-53(52)43-51)119-75(132)59(18-7-37-107-86(98)99)113-71(128)56(92)15-5-35-105-84(94)95/h1-2,13-14,24-33,43,56-69,125-126H,3-12,15-23,34-42,44-48,91-92H2,(H2,93,127)(H,112,137)(H,113,128)(H,114,129)(H,115,130)(H,116,134)(H,117,135)(H,118,131)(H,119,132)(H,120,138)(H,121,139)(H,122,133)(H,123,136)(H4,94,95,105)(H4,96,97,106)(H4,98,99,107)(H4,100,101,108)(H3,102,109,141)(H3,103,110,142)(H3,104,111,143)/t56-,57-,58-,59-,60-,61-,62-,63+,64-,65-,66-,67+,68+,69-/m0/s1. The van der Waals surface area contributed by atoms with Gasteiger partial charge in [-0.2, -0.15) is 0 Å². The third-order valence-electron chi connectivity index (χ3n) is 23.2. The highest BCUT2D eigenvalue weighted by molar-refractivity contribution is 8.76. The van der Waals surface area contributed by atoms with Gasteiger partial charge in [0.1, 0.15) is 90.0 Å². The number of amides is 20. The molecule has 55 heteroatoms. The Labute approximate surface area is 844 Å². The Morgan fingerprint density at radius 3 is 1.26 bits per heavy atom. The maximum absolute atomic E-state index is 16.0. The molecule has 0 radical (unpaired) electrons. The molecule has 4 aromatic carbocycles. The monoisotopic (exact) mass is 2070 g/mol. The molecule has 0 aromatic heterocycles. The Morgan fingerprint density at radius 2 is 0.793 bits per heavy atom. The van der Waals surface area contributed by atoms with Gasteiger partial charge in [0.25, 0.3) is 0 Å². The lowest BCUT2D eigenvalue weighted by Gasteiger charge is -2.31. The lowest BCUT2D eigenvalue weighted by molar-refractivity contribution is -0.142. The minimum atomic E-state index is -1.92. The highest BCUT2D eigenvalue weighted by atomic mass is 33.1. The summed E-state index contributed by atoms with van der Waals surface area (Å²) in [6, 6.07) is -2.89. The minimum Gasteiger partial charge on any atom is -0.508 e. The highest BCUT2D eigenvalue weighted by Crippen LogP contribution is 2.27. The van der Waals surface area contributed by atoms with Crippen LogP contribution in [-0.4, -0.2) is 295 Å². The zero-order valence-electron chi connectivity index (χ0n) is 80.4. The van der Waals surface area contributed by atoms with Gasteiger partial charge in [0.2, 0.25) is 82.7 Å². The minimum absolute atomic E-state index is 0.00412. The Morgan fingerprint density at radius 1 is 0.400 bits per heavy atom. The molecule has 0 spiro atoms. The van der Waals surface area contributed by atoms with Crippen LogP contribution >= 0.6 is 21.6 Å². The average Bonchev–Trinajstić information content (AvgIpc) is 1.75. The van der Waals surface area contributed by atoms with Crippen molar-refractivity contribution >= 4 is 157 Å². The van der Waals surface area contributed by atoms with Gasteiger partial charge in [-0.25, -0.2) is 14.4 Å². The number of nitrogens with two attached hydrogens (primary N) is 10. The second-order valence-corrected chi connectivity index (χ2v) is 37.2. The first kappa shape index (κ1) is 119. The van der Waals surface area contributed by atoms with Crippen LogP contribution in [0.2, 0.25) is 0 Å². The smallest absolute Gasteiger partial charge is 0.312 e. The van der Waals surface area contributed by atoms with Crippen LogP contribution in [0.3, 0.4) is 0 Å². The van der Waals surface area contributed by atoms with Gasteiger partial charge in [-0.05, 0) is 180 Å². The van der Waals surface area contributed by atoms with Crippen LogP contribution in [0.25, 0.3) is 10.8 Å². The van der Waals surface area contributed by atoms with Gasteiger partial charge < -0.3 is 173 Å². The van der Waals surface area contributed by atoms with Crippen LogP contribution in [0.4, 0.5) is 14.4 Å². The number of carbonyl (C=O) groups is 17. The number of fused-ring (bicyclic) bond motifs is 2. The molecule has 145 heavy (non-hydrogen) atoms. The molecule has 53 nitrogen and oxygen atoms in total. The molecule has 2 saturated heterocycles. The van der Waals surface area contributed by atoms with E-state index in [1.54, 1.807) is 36.4 Å². The van der Waals surface area contributed by atoms with Gasteiger partial charge in [0.15, 0.2) is 23.8 Å². The summed E-state index contributed by atoms with van der Waals surface area (Å²) in [5.74, 6) is -17.8. The first-order valence-electron chi connectivity index (χ1n) is 47.5. The van der Waals surface area contributed by atoms with Crippen LogP contribution in [0.5, 0.6) is 11.5 Å². The highest BCUT2D eigenvalue weighted by Gasteiger charge is 2.43. The molecule has 796 valence electrons. The Balaban J connectivity index is 1.62. The number of nitrogens with zero attached hydrogens (tertiary/aromatic N) is 1. The van der Waals surface area contributed by atoms with E-state index in [0.29, 0.717) is 16.5 Å². The molecule has 0 unspecified atom stereocenters. The van der Waals surface area contributed by atoms with Gasteiger partial charge in [0, 0.05) is 83.1 Å². The van der Waals surface area contributed by atoms with Crippen LogP contribution in [0, 0.1) is 21.6 Å². The fourth-order valence-electron chi connectivity index (χ4n) is 15.5. The van der Waals surface area contributed by atoms with Crippen molar-refractivity contribution in [3.63, 3.8) is 0 Å². The molecular weight excluding hydrogens is 1930 g/mol. The molecule has 2 heterocycles. The van der Waals surface area contributed by atoms with Crippen molar-refractivity contribution < 1.29 is 91.7 Å². The number of phenols is 2. The molecule has 0 bridgehead atoms. The summed E-state index contributed by atoms with van der Waals surface area (Å²) < 4.78 is 0. The molecule has 2 aliphatic rings. The lowest BCUT2D eigenvalue weighted by Crippen LogP contribution is -2.61. The number of rotatable bonds is 47. The largest absolute Gasteiger partial charge is 0.508 e. The number of guanidine groups is 4. The number of nitrogens with one attached hydrogen (secondary N) is 23. The molecule has 2 fully saturated rings. The van der Waals surface area contributed by atoms with Gasteiger partial charge in [0.05, 0.1) is 6.04 Å². The maximum Gasteiger partial charge on any atom is 0.312 e. The van der Waals surface area contributed by atoms with E-state index in [0.717, 1.165) is 31.9 Å². The van der Waals surface area contributed by atoms with Gasteiger partial charge in [-0.3, -0.25) is 88.8 Å². The van der Waals surface area contributed by atoms with E-state index in [1.165, 1.54) is 48.5 Å². The van der Waals surface area contributed by atoms with Crippen molar-refractivity contribution in [2.75, 3.05) is 70.4 Å². The molecule has 45 N–H and O–H groups in total. The molecule has 4 aromatic rings. The summed E-state index contributed by atoms with van der Waals surface area (Å²) in [5, 5.41) is 103. The number of phenolic OH excluding ortho intramolecular Hbond substituents is 2. The predicted molar refractivity (Wildman–Crippen MR) is 541 cm³/mol. The molecule has 20 amide bonds. The van der Waals surface area contributed by atoms with Crippen molar-refractivity contribution in [3.8, 4) is 11.5 Å². The van der Waals surface area contributed by atoms with Crippen molar-refractivity contribution in [1.29, 1.82) is 21.6 Å². The third-order valence-corrected chi connectivity index (χ3v) is 25.6. The van der Waals surface area contributed by atoms with E-state index in [4.69, 9.17) is 79.0 Å². The fourth-order valence-corrected chi connectivity index (χ4v) is 17.9. The summed E-state index contributed by atoms with van der Waals surface area (Å²) in [6.07, 6.45) is -2.65. The normalized spacial score (nSPS) is 20.0. The van der Waals surface area contributed by atoms with Gasteiger partial charge in [-0.1, -0.05) is 88.3 Å². The number of hydrogen-bond acceptors (Lipinski definition) is 27. The number of hydrogen-bond donors (Lipinski definition) is 35. The van der Waals surface area contributed by atoms with Crippen molar-refractivity contribution in [1.82, 2.24) is 106 Å². The first-order chi connectivity index (χ1) is 69.1. The topological polar surface area (TPSA) is 918 Å². The van der Waals surface area contributed by atoms with E-state index in [9.17, 15) is 34.2 Å². The second kappa shape index (κ2) is 63.0. The second-order valence-electron chi connectivity index (χ2n) is 34.6. The Kier molecular flexibility index (Phi) is 51.5. The molecule has 0 saturated carbocycles. The Bertz CT molecular complexity index is 5090. The molecule has 0 aliphatic carbocycles. The van der Waals surface area contributed by atoms with Crippen molar-refractivity contribution in [2.45, 2.75) is 226 Å². The maximum atomic E-state index is 16.0. The summed E-state index contributed by atoms with van der Waals surface area (Å²) >= 11 is 0. The average molecular weight is 2070 g/mol. The quantitative estimate of drug-likeness (QED) is 0.00846. The van der Waals surface area contributed by atoms with E-state index >= 15 is 57.5 Å². The summed E-state index contributed by atoms with van der Waals surface area (Å²) in [7, 11) is 1.48. The fraction of sp³-hybridized carbons (Fsp3) is 0.522. The van der Waals surface area contributed by atoms with Crippen molar-refractivity contribution in [2.24, 2.45) is 57.3 Å². The number of primary amides is 4.